The molecule has 4 aromatic rings. The van der Waals surface area contributed by atoms with Crippen LogP contribution in [0.15, 0.2) is 97.6 Å². The maximum absolute atomic E-state index is 13.2. The molecular weight excluding hydrogens is 526 g/mol. The first kappa shape index (κ1) is 28.9. The summed E-state index contributed by atoms with van der Waals surface area (Å²) in [5, 5.41) is 14.0. The van der Waals surface area contributed by atoms with Crippen molar-refractivity contribution >= 4 is 28.5 Å². The highest BCUT2D eigenvalue weighted by Crippen LogP contribution is 2.38. The van der Waals surface area contributed by atoms with Gasteiger partial charge in [-0.15, -0.1) is 0 Å². The highest BCUT2D eigenvalue weighted by Gasteiger charge is 2.35. The van der Waals surface area contributed by atoms with Crippen molar-refractivity contribution in [2.24, 2.45) is 0 Å². The lowest BCUT2D eigenvalue weighted by Gasteiger charge is -2.37. The lowest BCUT2D eigenvalue weighted by Crippen LogP contribution is -2.45. The fourth-order valence-corrected chi connectivity index (χ4v) is 6.01. The lowest BCUT2D eigenvalue weighted by molar-refractivity contribution is -0.118. The fraction of sp³-hybridized carbons (Fsp3) is 0.257. The topological polar surface area (TPSA) is 94.7 Å². The number of hydrogen-bond acceptors (Lipinski definition) is 4. The van der Waals surface area contributed by atoms with Gasteiger partial charge in [0.25, 0.3) is 0 Å². The molecule has 5 rings (SSSR count). The van der Waals surface area contributed by atoms with E-state index in [0.29, 0.717) is 13.0 Å². The largest absolute Gasteiger partial charge is 0.497 e. The molecule has 3 aromatic carbocycles. The van der Waals surface area contributed by atoms with Crippen LogP contribution in [0, 0.1) is 0 Å². The van der Waals surface area contributed by atoms with Gasteiger partial charge in [-0.1, -0.05) is 68.1 Å². The van der Waals surface area contributed by atoms with Crippen molar-refractivity contribution < 1.29 is 19.4 Å². The van der Waals surface area contributed by atoms with Crippen LogP contribution in [0.5, 0.6) is 5.75 Å². The minimum atomic E-state index is -0.987. The second-order valence-corrected chi connectivity index (χ2v) is 10.6. The molecule has 1 aromatic heterocycles. The van der Waals surface area contributed by atoms with E-state index < -0.39 is 11.5 Å². The number of benzene rings is 3. The first-order valence-corrected chi connectivity index (χ1v) is 14.3. The number of fused-ring (bicyclic) bond motifs is 3. The number of anilines is 1. The Morgan fingerprint density at radius 1 is 1.05 bits per heavy atom. The van der Waals surface area contributed by atoms with Crippen LogP contribution < -0.4 is 15.0 Å². The zero-order valence-electron chi connectivity index (χ0n) is 24.0. The minimum Gasteiger partial charge on any atom is -0.497 e. The van der Waals surface area contributed by atoms with Crippen LogP contribution in [0.2, 0.25) is 0 Å². The molecule has 0 aliphatic carbocycles. The maximum Gasteiger partial charge on any atom is 0.352 e. The number of nitrogens with one attached hydrogen (secondary N) is 2. The maximum atomic E-state index is 13.2. The van der Waals surface area contributed by atoms with Gasteiger partial charge in [0.05, 0.1) is 12.6 Å². The summed E-state index contributed by atoms with van der Waals surface area (Å²) >= 11 is 0. The number of aromatic nitrogens is 1. The molecule has 2 heterocycles. The van der Waals surface area contributed by atoms with E-state index in [1.807, 2.05) is 47.4 Å². The van der Waals surface area contributed by atoms with Crippen molar-refractivity contribution in [1.82, 2.24) is 10.3 Å². The molecule has 7 nitrogen and oxygen atoms in total. The molecule has 0 saturated carbocycles. The quantitative estimate of drug-likeness (QED) is 0.126. The van der Waals surface area contributed by atoms with Crippen molar-refractivity contribution in [3.63, 3.8) is 0 Å². The standard InChI is InChI=1S/C35H37N3O4/c1-4-24(2)35(25-11-7-5-8-12-25,26-14-16-27(42-3)17-15-26)36-21-10-6-9-13-33(39)38-22-20-28-29-23-31(34(40)41)37-30(29)18-19-32(28)38/h4-5,7-8,11-12,14-19,23,36-37H,1-2,6,9-10,13,20-22H2,3H3,(H,40,41). The zero-order valence-corrected chi connectivity index (χ0v) is 24.0. The van der Waals surface area contributed by atoms with Crippen LogP contribution in [0.3, 0.4) is 0 Å². The number of carboxylic acid groups (broad SMARTS) is 1. The lowest BCUT2D eigenvalue weighted by atomic mass is 9.77. The molecule has 1 unspecified atom stereocenters. The van der Waals surface area contributed by atoms with E-state index in [1.165, 1.54) is 0 Å². The number of carbonyl (C=O) groups excluding carboxylic acids is 1. The molecule has 7 heteroatoms. The number of carboxylic acids is 1. The summed E-state index contributed by atoms with van der Waals surface area (Å²) in [4.78, 5) is 29.4. The molecule has 1 atom stereocenters. The number of nitrogens with zero attached hydrogens (tertiary/aromatic N) is 1. The molecule has 0 spiro atoms. The van der Waals surface area contributed by atoms with Crippen LogP contribution in [-0.4, -0.2) is 42.2 Å². The first-order valence-electron chi connectivity index (χ1n) is 14.3. The number of carbonyl (C=O) groups is 2. The predicted molar refractivity (Wildman–Crippen MR) is 167 cm³/mol. The van der Waals surface area contributed by atoms with Crippen LogP contribution in [-0.2, 0) is 16.8 Å². The smallest absolute Gasteiger partial charge is 0.352 e. The molecule has 216 valence electrons. The number of unbranched alkanes of at least 4 members (excludes halogenated alkanes) is 2. The van der Waals surface area contributed by atoms with Crippen molar-refractivity contribution in [2.45, 2.75) is 37.6 Å². The number of methoxy groups -OCH3 is 1. The molecule has 42 heavy (non-hydrogen) atoms. The Labute approximate surface area is 246 Å². The van der Waals surface area contributed by atoms with Crippen molar-refractivity contribution in [2.75, 3.05) is 25.1 Å². The molecule has 0 fully saturated rings. The van der Waals surface area contributed by atoms with E-state index in [9.17, 15) is 14.7 Å². The predicted octanol–water partition coefficient (Wildman–Crippen LogP) is 6.60. The molecule has 0 saturated heterocycles. The van der Waals surface area contributed by atoms with Gasteiger partial charge in [-0.2, -0.15) is 0 Å². The van der Waals surface area contributed by atoms with Gasteiger partial charge in [0.15, 0.2) is 0 Å². The Hall–Kier alpha value is -4.62. The third-order valence-corrected chi connectivity index (χ3v) is 8.21. The summed E-state index contributed by atoms with van der Waals surface area (Å²) < 4.78 is 5.39. The summed E-state index contributed by atoms with van der Waals surface area (Å²) in [5.41, 5.74) is 5.21. The summed E-state index contributed by atoms with van der Waals surface area (Å²) in [6.45, 7) is 9.76. The van der Waals surface area contributed by atoms with E-state index in [1.54, 1.807) is 19.3 Å². The highest BCUT2D eigenvalue weighted by molar-refractivity contribution is 6.02. The molecule has 0 bridgehead atoms. The van der Waals surface area contributed by atoms with Crippen molar-refractivity contribution in [1.29, 1.82) is 0 Å². The molecule has 1 amide bonds. The molecular formula is C35H37N3O4. The third-order valence-electron chi connectivity index (χ3n) is 8.21. The average Bonchev–Trinajstić information content (AvgIpc) is 3.66. The van der Waals surface area contributed by atoms with Crippen molar-refractivity contribution in [3.8, 4) is 5.75 Å². The Bertz CT molecular complexity index is 1610. The fourth-order valence-electron chi connectivity index (χ4n) is 6.01. The van der Waals surface area contributed by atoms with Crippen molar-refractivity contribution in [3.05, 3.63) is 120 Å². The minimum absolute atomic E-state index is 0.104. The highest BCUT2D eigenvalue weighted by atomic mass is 16.5. The summed E-state index contributed by atoms with van der Waals surface area (Å²) in [7, 11) is 1.66. The summed E-state index contributed by atoms with van der Waals surface area (Å²) in [5.74, 6) is -0.0936. The summed E-state index contributed by atoms with van der Waals surface area (Å²) in [6, 6.07) is 23.7. The molecule has 3 N–H and O–H groups in total. The Kier molecular flexibility index (Phi) is 8.59. The van der Waals surface area contributed by atoms with Gasteiger partial charge in [-0.3, -0.25) is 4.79 Å². The van der Waals surface area contributed by atoms with E-state index in [0.717, 1.165) is 76.8 Å². The van der Waals surface area contributed by atoms with Gasteiger partial charge >= 0.3 is 5.97 Å². The monoisotopic (exact) mass is 563 g/mol. The van der Waals surface area contributed by atoms with E-state index in [-0.39, 0.29) is 11.6 Å². The molecule has 0 radical (unpaired) electrons. The summed E-state index contributed by atoms with van der Waals surface area (Å²) in [6.07, 6.45) is 5.56. The van der Waals surface area contributed by atoms with Gasteiger partial charge in [0.2, 0.25) is 5.91 Å². The SMILES string of the molecule is C=CC(=C)C(NCCCCCC(=O)N1CCc2c1ccc1[nH]c(C(=O)O)cc21)(c1ccccc1)c1ccc(OC)cc1. The van der Waals surface area contributed by atoms with Gasteiger partial charge in [-0.25, -0.2) is 4.79 Å². The number of hydrogen-bond donors (Lipinski definition) is 3. The van der Waals surface area contributed by atoms with Crippen LogP contribution in [0.1, 0.15) is 52.9 Å². The van der Waals surface area contributed by atoms with Gasteiger partial charge in [0.1, 0.15) is 11.4 Å². The number of aromatic carboxylic acids is 1. The van der Waals surface area contributed by atoms with E-state index in [4.69, 9.17) is 4.74 Å². The molecule has 1 aliphatic rings. The second kappa shape index (κ2) is 12.5. The average molecular weight is 564 g/mol. The first-order chi connectivity index (χ1) is 20.4. The number of rotatable bonds is 13. The Morgan fingerprint density at radius 2 is 1.79 bits per heavy atom. The Balaban J connectivity index is 1.22. The van der Waals surface area contributed by atoms with E-state index in [2.05, 4.69) is 47.7 Å². The second-order valence-electron chi connectivity index (χ2n) is 10.6. The third kappa shape index (κ3) is 5.48. The van der Waals surface area contributed by atoms with Gasteiger partial charge < -0.3 is 25.0 Å². The Morgan fingerprint density at radius 3 is 2.48 bits per heavy atom. The van der Waals surface area contributed by atoms with E-state index >= 15 is 0 Å². The number of aromatic amines is 1. The number of H-pyrrole nitrogens is 1. The zero-order chi connectivity index (χ0) is 29.7. The van der Waals surface area contributed by atoms with Crippen LogP contribution >= 0.6 is 0 Å². The molecule has 1 aliphatic heterocycles. The van der Waals surface area contributed by atoms with Gasteiger partial charge in [-0.05, 0) is 78.4 Å². The van der Waals surface area contributed by atoms with Gasteiger partial charge in [0, 0.05) is 29.6 Å². The number of amides is 1. The number of ether oxygens (including phenoxy) is 1. The normalized spacial score (nSPS) is 13.9. The van der Waals surface area contributed by atoms with Crippen LogP contribution in [0.4, 0.5) is 5.69 Å². The van der Waals surface area contributed by atoms with Crippen LogP contribution in [0.25, 0.3) is 10.9 Å².